The first kappa shape index (κ1) is 15.1. The molecule has 2 N–H and O–H groups in total. The van der Waals surface area contributed by atoms with Crippen LogP contribution < -0.4 is 10.1 Å². The molecule has 1 fully saturated rings. The molecule has 2 rings (SSSR count). The summed E-state index contributed by atoms with van der Waals surface area (Å²) in [7, 11) is 0. The average molecular weight is 274 g/mol. The zero-order chi connectivity index (χ0) is 14.4. The van der Waals surface area contributed by atoms with Crippen molar-refractivity contribution in [2.45, 2.75) is 45.7 Å². The van der Waals surface area contributed by atoms with Crippen LogP contribution in [0.25, 0.3) is 0 Å². The van der Waals surface area contributed by atoms with Crippen LogP contribution in [0, 0.1) is 11.8 Å². The van der Waals surface area contributed by atoms with Crippen molar-refractivity contribution >= 4 is 0 Å². The largest absolute Gasteiger partial charge is 0.489 e. The molecule has 0 aliphatic heterocycles. The summed E-state index contributed by atoms with van der Waals surface area (Å²) in [6, 6.07) is 9.11. The second-order valence-corrected chi connectivity index (χ2v) is 6.08. The van der Waals surface area contributed by atoms with Crippen LogP contribution in [0.2, 0.25) is 0 Å². The lowest BCUT2D eigenvalue weighted by Gasteiger charge is -2.32. The van der Waals surface area contributed by atoms with Crippen LogP contribution in [0.5, 0.6) is 5.75 Å². The second-order valence-electron chi connectivity index (χ2n) is 6.08. The van der Waals surface area contributed by atoms with Crippen LogP contribution in [-0.4, -0.2) is 12.6 Å². The van der Waals surface area contributed by atoms with Crippen molar-refractivity contribution in [1.29, 1.82) is 0 Å². The summed E-state index contributed by atoms with van der Waals surface area (Å²) in [5, 5.41) is 2.51. The van der Waals surface area contributed by atoms with E-state index in [1.54, 1.807) is 6.08 Å². The molecular formula is C18H28NO+. The van der Waals surface area contributed by atoms with Gasteiger partial charge in [-0.15, -0.1) is 0 Å². The van der Waals surface area contributed by atoms with Gasteiger partial charge >= 0.3 is 0 Å². The van der Waals surface area contributed by atoms with E-state index in [0.29, 0.717) is 6.61 Å². The summed E-state index contributed by atoms with van der Waals surface area (Å²) < 4.78 is 5.74. The van der Waals surface area contributed by atoms with Gasteiger partial charge in [0.2, 0.25) is 0 Å². The molecule has 110 valence electrons. The van der Waals surface area contributed by atoms with Crippen molar-refractivity contribution in [3.63, 3.8) is 0 Å². The van der Waals surface area contributed by atoms with Gasteiger partial charge in [-0.25, -0.2) is 0 Å². The highest BCUT2D eigenvalue weighted by atomic mass is 16.5. The molecule has 2 nitrogen and oxygen atoms in total. The zero-order valence-electron chi connectivity index (χ0n) is 12.8. The Morgan fingerprint density at radius 1 is 1.30 bits per heavy atom. The van der Waals surface area contributed by atoms with E-state index in [2.05, 4.69) is 43.9 Å². The Balaban J connectivity index is 1.94. The molecule has 0 aromatic heterocycles. The minimum absolute atomic E-state index is 0.577. The highest BCUT2D eigenvalue weighted by molar-refractivity contribution is 5.32. The lowest BCUT2D eigenvalue weighted by atomic mass is 9.78. The van der Waals surface area contributed by atoms with E-state index >= 15 is 0 Å². The number of nitrogens with two attached hydrogens (primary N) is 1. The summed E-state index contributed by atoms with van der Waals surface area (Å²) in [6.45, 7) is 10.1. The normalized spacial score (nSPS) is 26.2. The third kappa shape index (κ3) is 3.86. The molecule has 0 spiro atoms. The number of quaternary nitrogens is 1. The molecule has 2 heteroatoms. The van der Waals surface area contributed by atoms with Crippen molar-refractivity contribution in [2.24, 2.45) is 11.8 Å². The van der Waals surface area contributed by atoms with Gasteiger partial charge in [0.1, 0.15) is 18.9 Å². The maximum absolute atomic E-state index is 5.74. The molecule has 0 radical (unpaired) electrons. The summed E-state index contributed by atoms with van der Waals surface area (Å²) in [5.74, 6) is 2.67. The van der Waals surface area contributed by atoms with Crippen molar-refractivity contribution in [3.8, 4) is 5.75 Å². The molecule has 0 heterocycles. The number of hydrogen-bond acceptors (Lipinski definition) is 1. The average Bonchev–Trinajstić information content (AvgIpc) is 2.47. The van der Waals surface area contributed by atoms with Crippen molar-refractivity contribution in [3.05, 3.63) is 42.5 Å². The number of benzene rings is 1. The molecule has 0 unspecified atom stereocenters. The number of hydrogen-bond donors (Lipinski definition) is 1. The molecule has 1 saturated carbocycles. The predicted molar refractivity (Wildman–Crippen MR) is 83.7 cm³/mol. The fraction of sp³-hybridized carbons (Fsp3) is 0.556. The van der Waals surface area contributed by atoms with Gasteiger partial charge in [-0.1, -0.05) is 38.6 Å². The Morgan fingerprint density at radius 2 is 2.10 bits per heavy atom. The van der Waals surface area contributed by atoms with Gasteiger partial charge < -0.3 is 10.1 Å². The van der Waals surface area contributed by atoms with E-state index in [0.717, 1.165) is 30.2 Å². The molecule has 1 aromatic rings. The minimum Gasteiger partial charge on any atom is -0.489 e. The first-order chi connectivity index (χ1) is 9.72. The molecule has 0 amide bonds. The summed E-state index contributed by atoms with van der Waals surface area (Å²) in [4.78, 5) is 0. The number of ether oxygens (including phenoxy) is 1. The van der Waals surface area contributed by atoms with E-state index < -0.39 is 0 Å². The van der Waals surface area contributed by atoms with Crippen LogP contribution >= 0.6 is 0 Å². The van der Waals surface area contributed by atoms with Gasteiger partial charge in [-0.3, -0.25) is 0 Å². The predicted octanol–water partition coefficient (Wildman–Crippen LogP) is 3.14. The molecule has 1 aliphatic rings. The van der Waals surface area contributed by atoms with Crippen LogP contribution in [0.3, 0.4) is 0 Å². The van der Waals surface area contributed by atoms with Gasteiger partial charge in [0.05, 0.1) is 6.04 Å². The lowest BCUT2D eigenvalue weighted by molar-refractivity contribution is -0.713. The summed E-state index contributed by atoms with van der Waals surface area (Å²) >= 11 is 0. The molecular weight excluding hydrogens is 246 g/mol. The fourth-order valence-corrected chi connectivity index (χ4v) is 3.20. The van der Waals surface area contributed by atoms with Crippen LogP contribution in [0.15, 0.2) is 36.9 Å². The third-order valence-corrected chi connectivity index (χ3v) is 4.74. The number of rotatable bonds is 6. The van der Waals surface area contributed by atoms with Crippen LogP contribution in [0.4, 0.5) is 0 Å². The van der Waals surface area contributed by atoms with E-state index in [1.807, 2.05) is 6.07 Å². The third-order valence-electron chi connectivity index (χ3n) is 4.74. The maximum Gasteiger partial charge on any atom is 0.128 e. The Labute approximate surface area is 123 Å². The Bertz CT molecular complexity index is 429. The Morgan fingerprint density at radius 3 is 2.90 bits per heavy atom. The van der Waals surface area contributed by atoms with E-state index in [4.69, 9.17) is 4.74 Å². The lowest BCUT2D eigenvalue weighted by Crippen LogP contribution is -2.90. The van der Waals surface area contributed by atoms with Crippen LogP contribution in [0.1, 0.15) is 38.7 Å². The number of para-hydroxylation sites is 1. The highest BCUT2D eigenvalue weighted by Crippen LogP contribution is 2.27. The van der Waals surface area contributed by atoms with E-state index in [-0.39, 0.29) is 0 Å². The van der Waals surface area contributed by atoms with E-state index in [1.165, 1.54) is 24.8 Å². The molecule has 20 heavy (non-hydrogen) atoms. The quantitative estimate of drug-likeness (QED) is 0.792. The van der Waals surface area contributed by atoms with Crippen molar-refractivity contribution in [2.75, 3.05) is 6.61 Å². The maximum atomic E-state index is 5.74. The summed E-state index contributed by atoms with van der Waals surface area (Å²) in [6.07, 6.45) is 5.92. The van der Waals surface area contributed by atoms with E-state index in [9.17, 15) is 0 Å². The smallest absolute Gasteiger partial charge is 0.128 e. The molecule has 1 aliphatic carbocycles. The SMILES string of the molecule is C=CCOc1ccccc1C[NH2+][C@@H]1CCC[C@@H](C)[C@H]1C. The van der Waals surface area contributed by atoms with Gasteiger partial charge in [0.25, 0.3) is 0 Å². The Kier molecular flexibility index (Phi) is 5.66. The topological polar surface area (TPSA) is 25.8 Å². The van der Waals surface area contributed by atoms with Gasteiger partial charge in [0, 0.05) is 11.5 Å². The van der Waals surface area contributed by atoms with Crippen molar-refractivity contribution in [1.82, 2.24) is 0 Å². The monoisotopic (exact) mass is 274 g/mol. The summed E-state index contributed by atoms with van der Waals surface area (Å²) in [5.41, 5.74) is 1.29. The second kappa shape index (κ2) is 7.49. The molecule has 3 atom stereocenters. The van der Waals surface area contributed by atoms with Gasteiger partial charge in [-0.05, 0) is 37.3 Å². The van der Waals surface area contributed by atoms with Crippen molar-refractivity contribution < 1.29 is 10.1 Å². The van der Waals surface area contributed by atoms with Gasteiger partial charge in [-0.2, -0.15) is 0 Å². The minimum atomic E-state index is 0.577. The molecule has 1 aromatic carbocycles. The molecule has 0 saturated heterocycles. The van der Waals surface area contributed by atoms with Gasteiger partial charge in [0.15, 0.2) is 0 Å². The first-order valence-electron chi connectivity index (χ1n) is 7.87. The molecule has 0 bridgehead atoms. The first-order valence-corrected chi connectivity index (χ1v) is 7.87. The fourth-order valence-electron chi connectivity index (χ4n) is 3.20. The van der Waals surface area contributed by atoms with Crippen LogP contribution in [-0.2, 0) is 6.54 Å². The zero-order valence-corrected chi connectivity index (χ0v) is 12.8. The Hall–Kier alpha value is -1.28. The standard InChI is InChI=1S/C18H27NO/c1-4-12-20-18-11-6-5-9-16(18)13-19-17-10-7-8-14(2)15(17)3/h4-6,9,11,14-15,17,19H,1,7-8,10,12-13H2,2-3H3/p+1/t14-,15-,17-/m1/s1. The highest BCUT2D eigenvalue weighted by Gasteiger charge is 2.29.